The number of hydrogen-bond acceptors (Lipinski definition) is 3. The molecule has 8 heteroatoms. The number of benzene rings is 1. The quantitative estimate of drug-likeness (QED) is 0.816. The number of nitrogens with zero attached hydrogens (tertiary/aromatic N) is 3. The fraction of sp³-hybridized carbons (Fsp3) is 0.467. The molecule has 0 fully saturated rings. The number of hydrogen-bond donors (Lipinski definition) is 1. The lowest BCUT2D eigenvalue weighted by atomic mass is 9.81. The van der Waals surface area contributed by atoms with Crippen molar-refractivity contribution in [3.63, 3.8) is 0 Å². The first-order chi connectivity index (χ1) is 10.9. The van der Waals surface area contributed by atoms with Gasteiger partial charge >= 0.3 is 0 Å². The van der Waals surface area contributed by atoms with Gasteiger partial charge in [-0.15, -0.1) is 0 Å². The highest BCUT2D eigenvalue weighted by Gasteiger charge is 2.40. The monoisotopic (exact) mass is 363 g/mol. The Morgan fingerprint density at radius 3 is 2.52 bits per heavy atom. The molecule has 2 aromatic rings. The minimum absolute atomic E-state index is 0.232. The minimum atomic E-state index is -1.53. The van der Waals surface area contributed by atoms with Gasteiger partial charge in [-0.1, -0.05) is 36.2 Å². The summed E-state index contributed by atoms with van der Waals surface area (Å²) in [6, 6.07) is 4.24. The summed E-state index contributed by atoms with van der Waals surface area (Å²) in [4.78, 5) is 3.84. The zero-order valence-electron chi connectivity index (χ0n) is 12.5. The van der Waals surface area contributed by atoms with E-state index in [-0.39, 0.29) is 6.42 Å². The molecular formula is C15H17Cl2F2N3O. The van der Waals surface area contributed by atoms with E-state index in [2.05, 4.69) is 10.1 Å². The standard InChI is InChI=1S/C15H17Cl2F2N3O/c1-15(6-18,7-19)14(23)13(22-9-20-8-21-22)4-10-2-3-11(16)5-12(10)17/h2-3,5,8-9,13-14,23H,4,6-7H2,1H3. The molecule has 1 N–H and O–H groups in total. The van der Waals surface area contributed by atoms with E-state index in [1.165, 1.54) is 24.3 Å². The first kappa shape index (κ1) is 18.1. The van der Waals surface area contributed by atoms with Crippen molar-refractivity contribution in [2.24, 2.45) is 5.41 Å². The molecule has 0 aliphatic rings. The maximum atomic E-state index is 13.3. The van der Waals surface area contributed by atoms with E-state index in [9.17, 15) is 13.9 Å². The molecule has 0 aliphatic heterocycles. The lowest BCUT2D eigenvalue weighted by Crippen LogP contribution is -2.43. The highest BCUT2D eigenvalue weighted by molar-refractivity contribution is 6.35. The summed E-state index contributed by atoms with van der Waals surface area (Å²) in [6.07, 6.45) is 1.61. The van der Waals surface area contributed by atoms with Gasteiger partial charge in [0.05, 0.1) is 30.9 Å². The summed E-state index contributed by atoms with van der Waals surface area (Å²) in [6.45, 7) is -0.639. The Morgan fingerprint density at radius 2 is 2.00 bits per heavy atom. The second-order valence-electron chi connectivity index (χ2n) is 5.75. The number of rotatable bonds is 7. The highest BCUT2D eigenvalue weighted by Crippen LogP contribution is 2.34. The predicted octanol–water partition coefficient (Wildman–Crippen LogP) is 3.67. The Kier molecular flexibility index (Phi) is 5.95. The molecule has 1 aromatic heterocycles. The van der Waals surface area contributed by atoms with Crippen LogP contribution in [0.25, 0.3) is 0 Å². The van der Waals surface area contributed by atoms with Gasteiger partial charge in [0, 0.05) is 10.0 Å². The van der Waals surface area contributed by atoms with Gasteiger partial charge in [0.2, 0.25) is 0 Å². The van der Waals surface area contributed by atoms with Crippen molar-refractivity contribution in [3.05, 3.63) is 46.5 Å². The Hall–Kier alpha value is -1.24. The molecule has 0 radical (unpaired) electrons. The van der Waals surface area contributed by atoms with Crippen LogP contribution in [0.5, 0.6) is 0 Å². The molecular weight excluding hydrogens is 347 g/mol. The van der Waals surface area contributed by atoms with Crippen molar-refractivity contribution in [2.75, 3.05) is 13.3 Å². The summed E-state index contributed by atoms with van der Waals surface area (Å²) in [5.74, 6) is 0. The first-order valence-corrected chi connectivity index (χ1v) is 7.75. The van der Waals surface area contributed by atoms with Gasteiger partial charge in [0.1, 0.15) is 12.7 Å². The lowest BCUT2D eigenvalue weighted by Gasteiger charge is -2.34. The van der Waals surface area contributed by atoms with Crippen molar-refractivity contribution in [3.8, 4) is 0 Å². The minimum Gasteiger partial charge on any atom is -0.390 e. The summed E-state index contributed by atoms with van der Waals surface area (Å²) in [5.41, 5.74) is -0.842. The number of halogens is 4. The van der Waals surface area contributed by atoms with Gasteiger partial charge in [0.15, 0.2) is 0 Å². The van der Waals surface area contributed by atoms with E-state index >= 15 is 0 Å². The zero-order valence-corrected chi connectivity index (χ0v) is 14.0. The molecule has 0 saturated carbocycles. The van der Waals surface area contributed by atoms with Crippen LogP contribution in [-0.4, -0.2) is 39.3 Å². The summed E-state index contributed by atoms with van der Waals surface area (Å²) in [7, 11) is 0. The van der Waals surface area contributed by atoms with Crippen LogP contribution in [0.3, 0.4) is 0 Å². The molecule has 23 heavy (non-hydrogen) atoms. The van der Waals surface area contributed by atoms with Crippen molar-refractivity contribution in [1.82, 2.24) is 14.8 Å². The molecule has 4 nitrogen and oxygen atoms in total. The van der Waals surface area contributed by atoms with Crippen LogP contribution < -0.4 is 0 Å². The van der Waals surface area contributed by atoms with E-state index in [1.807, 2.05) is 0 Å². The van der Waals surface area contributed by atoms with Crippen molar-refractivity contribution in [1.29, 1.82) is 0 Å². The van der Waals surface area contributed by atoms with Gasteiger partial charge in [-0.2, -0.15) is 5.10 Å². The van der Waals surface area contributed by atoms with E-state index in [1.54, 1.807) is 18.2 Å². The molecule has 0 amide bonds. The van der Waals surface area contributed by atoms with E-state index in [0.29, 0.717) is 15.6 Å². The number of aliphatic hydroxyl groups excluding tert-OH is 1. The SMILES string of the molecule is CC(CF)(CF)C(O)C(Cc1ccc(Cl)cc1Cl)n1cncn1. The van der Waals surface area contributed by atoms with Crippen LogP contribution in [0.1, 0.15) is 18.5 Å². The van der Waals surface area contributed by atoms with Gasteiger partial charge in [-0.25, -0.2) is 9.67 Å². The zero-order chi connectivity index (χ0) is 17.0. The van der Waals surface area contributed by atoms with E-state index in [0.717, 1.165) is 0 Å². The van der Waals surface area contributed by atoms with Crippen LogP contribution in [-0.2, 0) is 6.42 Å². The van der Waals surface area contributed by atoms with Gasteiger partial charge in [-0.05, 0) is 24.1 Å². The smallest absolute Gasteiger partial charge is 0.137 e. The fourth-order valence-electron chi connectivity index (χ4n) is 2.31. The van der Waals surface area contributed by atoms with Crippen LogP contribution in [0.4, 0.5) is 8.78 Å². The van der Waals surface area contributed by atoms with E-state index in [4.69, 9.17) is 23.2 Å². The Labute approximate surface area is 143 Å². The van der Waals surface area contributed by atoms with E-state index < -0.39 is 30.9 Å². The number of aromatic nitrogens is 3. The third kappa shape index (κ3) is 4.00. The topological polar surface area (TPSA) is 50.9 Å². The average Bonchev–Trinajstić information content (AvgIpc) is 3.07. The molecule has 1 heterocycles. The van der Waals surface area contributed by atoms with Crippen LogP contribution in [0.2, 0.25) is 10.0 Å². The van der Waals surface area contributed by atoms with Crippen LogP contribution >= 0.6 is 23.2 Å². The second kappa shape index (κ2) is 7.55. The largest absolute Gasteiger partial charge is 0.390 e. The lowest BCUT2D eigenvalue weighted by molar-refractivity contribution is -0.0348. The van der Waals surface area contributed by atoms with Crippen molar-refractivity contribution < 1.29 is 13.9 Å². The summed E-state index contributed by atoms with van der Waals surface area (Å²) >= 11 is 12.0. The summed E-state index contributed by atoms with van der Waals surface area (Å²) in [5, 5.41) is 15.5. The summed E-state index contributed by atoms with van der Waals surface area (Å²) < 4.78 is 27.9. The van der Waals surface area contributed by atoms with Gasteiger partial charge < -0.3 is 5.11 Å². The third-order valence-corrected chi connectivity index (χ3v) is 4.50. The normalized spacial score (nSPS) is 14.7. The molecule has 2 unspecified atom stereocenters. The number of aliphatic hydroxyl groups is 1. The molecule has 2 atom stereocenters. The Morgan fingerprint density at radius 1 is 1.30 bits per heavy atom. The highest BCUT2D eigenvalue weighted by atomic mass is 35.5. The molecule has 1 aromatic carbocycles. The molecule has 0 bridgehead atoms. The first-order valence-electron chi connectivity index (χ1n) is 6.99. The second-order valence-corrected chi connectivity index (χ2v) is 6.59. The molecule has 126 valence electrons. The molecule has 2 rings (SSSR count). The van der Waals surface area contributed by atoms with Crippen LogP contribution in [0.15, 0.2) is 30.9 Å². The number of alkyl halides is 2. The van der Waals surface area contributed by atoms with Crippen molar-refractivity contribution >= 4 is 23.2 Å². The average molecular weight is 364 g/mol. The predicted molar refractivity (Wildman–Crippen MR) is 85.3 cm³/mol. The molecule has 0 aliphatic carbocycles. The Balaban J connectivity index is 2.35. The molecule has 0 saturated heterocycles. The van der Waals surface area contributed by atoms with Crippen molar-refractivity contribution in [2.45, 2.75) is 25.5 Å². The maximum absolute atomic E-state index is 13.3. The van der Waals surface area contributed by atoms with Crippen LogP contribution in [0, 0.1) is 5.41 Å². The maximum Gasteiger partial charge on any atom is 0.137 e. The Bertz CT molecular complexity index is 636. The fourth-order valence-corrected chi connectivity index (χ4v) is 2.79. The van der Waals surface area contributed by atoms with Gasteiger partial charge in [0.25, 0.3) is 0 Å². The van der Waals surface area contributed by atoms with Gasteiger partial charge in [-0.3, -0.25) is 8.78 Å². The molecule has 0 spiro atoms. The third-order valence-electron chi connectivity index (χ3n) is 3.91.